The molecule has 0 aliphatic rings. The van der Waals surface area contributed by atoms with Gasteiger partial charge in [0.15, 0.2) is 0 Å². The molecule has 0 saturated carbocycles. The fourth-order valence-electron chi connectivity index (χ4n) is 2.89. The third kappa shape index (κ3) is 11.1. The van der Waals surface area contributed by atoms with Crippen LogP contribution in [0.4, 0.5) is 0 Å². The maximum absolute atomic E-state index is 13.0. The molecule has 0 fully saturated rings. The van der Waals surface area contributed by atoms with Gasteiger partial charge in [0.25, 0.3) is 0 Å². The largest absolute Gasteiger partial charge is 0.333 e. The summed E-state index contributed by atoms with van der Waals surface area (Å²) in [7, 11) is -2.98. The number of allylic oxidation sites excluding steroid dienone is 1. The fourth-order valence-corrected chi connectivity index (χ4v) is 5.07. The second-order valence-electron chi connectivity index (χ2n) is 6.16. The normalized spacial score (nSPS) is 13.2. The van der Waals surface area contributed by atoms with Crippen LogP contribution in [0.25, 0.3) is 0 Å². The van der Waals surface area contributed by atoms with E-state index < -0.39 is 7.60 Å². The van der Waals surface area contributed by atoms with Gasteiger partial charge in [-0.2, -0.15) is 0 Å². The lowest BCUT2D eigenvalue weighted by Crippen LogP contribution is -2.13. The lowest BCUT2D eigenvalue weighted by molar-refractivity contribution is 0.208. The van der Waals surface area contributed by atoms with Gasteiger partial charge in [0.1, 0.15) is 0 Å². The molecular formula is C19H39O3P. The van der Waals surface area contributed by atoms with Gasteiger partial charge >= 0.3 is 7.60 Å². The smallest absolute Gasteiger partial charge is 0.309 e. The Bertz CT molecular complexity index is 308. The number of hydrogen-bond donors (Lipinski definition) is 0. The molecule has 0 radical (unpaired) electrons. The van der Waals surface area contributed by atoms with Crippen LogP contribution in [0.5, 0.6) is 0 Å². The molecule has 0 rings (SSSR count). The molecular weight excluding hydrogens is 307 g/mol. The van der Waals surface area contributed by atoms with E-state index >= 15 is 0 Å². The van der Waals surface area contributed by atoms with Gasteiger partial charge in [-0.1, -0.05) is 64.4 Å². The van der Waals surface area contributed by atoms with Gasteiger partial charge in [-0.3, -0.25) is 4.57 Å². The van der Waals surface area contributed by atoms with Crippen molar-refractivity contribution < 1.29 is 13.6 Å². The first-order valence-electron chi connectivity index (χ1n) is 9.64. The number of hydrogen-bond acceptors (Lipinski definition) is 3. The van der Waals surface area contributed by atoms with Crippen molar-refractivity contribution in [2.45, 2.75) is 97.1 Å². The summed E-state index contributed by atoms with van der Waals surface area (Å²) in [6, 6.07) is 0. The van der Waals surface area contributed by atoms with Gasteiger partial charge in [-0.05, 0) is 33.1 Å². The molecule has 0 spiro atoms. The van der Waals surface area contributed by atoms with Crippen LogP contribution >= 0.6 is 7.60 Å². The van der Waals surface area contributed by atoms with Gasteiger partial charge in [0.05, 0.1) is 18.9 Å². The van der Waals surface area contributed by atoms with Crippen LogP contribution in [0, 0.1) is 0 Å². The Morgan fingerprint density at radius 3 is 1.87 bits per heavy atom. The third-order valence-corrected chi connectivity index (χ3v) is 6.81. The van der Waals surface area contributed by atoms with Crippen LogP contribution < -0.4 is 0 Å². The molecule has 0 aromatic heterocycles. The van der Waals surface area contributed by atoms with Crippen molar-refractivity contribution in [3.05, 3.63) is 12.7 Å². The average Bonchev–Trinajstić information content (AvgIpc) is 2.53. The molecule has 0 saturated heterocycles. The second kappa shape index (κ2) is 15.4. The first-order valence-corrected chi connectivity index (χ1v) is 11.2. The van der Waals surface area contributed by atoms with Crippen molar-refractivity contribution >= 4 is 7.60 Å². The van der Waals surface area contributed by atoms with Crippen molar-refractivity contribution in [1.29, 1.82) is 0 Å². The minimum atomic E-state index is -2.98. The molecule has 138 valence electrons. The molecule has 0 aromatic rings. The monoisotopic (exact) mass is 346 g/mol. The summed E-state index contributed by atoms with van der Waals surface area (Å²) in [6.45, 7) is 10.7. The van der Waals surface area contributed by atoms with E-state index in [9.17, 15) is 4.57 Å². The van der Waals surface area contributed by atoms with E-state index in [1.54, 1.807) is 0 Å². The lowest BCUT2D eigenvalue weighted by Gasteiger charge is -2.26. The van der Waals surface area contributed by atoms with E-state index in [1.807, 2.05) is 19.9 Å². The van der Waals surface area contributed by atoms with Gasteiger partial charge in [0.2, 0.25) is 0 Å². The molecule has 0 aliphatic carbocycles. The molecule has 0 aliphatic heterocycles. The van der Waals surface area contributed by atoms with Crippen LogP contribution in [0.2, 0.25) is 0 Å². The highest BCUT2D eigenvalue weighted by Gasteiger charge is 2.34. The van der Waals surface area contributed by atoms with Crippen molar-refractivity contribution in [3.63, 3.8) is 0 Å². The Labute approximate surface area is 144 Å². The van der Waals surface area contributed by atoms with Crippen molar-refractivity contribution in [1.82, 2.24) is 0 Å². The molecule has 0 aromatic carbocycles. The van der Waals surface area contributed by atoms with Gasteiger partial charge in [-0.15, -0.1) is 6.58 Å². The van der Waals surface area contributed by atoms with Crippen LogP contribution in [0.15, 0.2) is 12.7 Å². The Morgan fingerprint density at radius 1 is 0.870 bits per heavy atom. The summed E-state index contributed by atoms with van der Waals surface area (Å²) in [5.41, 5.74) is 0.0143. The average molecular weight is 346 g/mol. The topological polar surface area (TPSA) is 35.5 Å². The van der Waals surface area contributed by atoms with Crippen LogP contribution in [0.1, 0.15) is 91.4 Å². The molecule has 1 unspecified atom stereocenters. The summed E-state index contributed by atoms with van der Waals surface area (Å²) >= 11 is 0. The van der Waals surface area contributed by atoms with Crippen LogP contribution in [-0.2, 0) is 13.6 Å². The van der Waals surface area contributed by atoms with E-state index in [-0.39, 0.29) is 5.66 Å². The maximum Gasteiger partial charge on any atom is 0.333 e. The predicted octanol–water partition coefficient (Wildman–Crippen LogP) is 7.12. The number of rotatable bonds is 17. The van der Waals surface area contributed by atoms with E-state index in [1.165, 1.54) is 44.9 Å². The summed E-state index contributed by atoms with van der Waals surface area (Å²) in [5, 5.41) is 0. The highest BCUT2D eigenvalue weighted by Crippen LogP contribution is 2.56. The Morgan fingerprint density at radius 2 is 1.39 bits per heavy atom. The molecule has 0 bridgehead atoms. The van der Waals surface area contributed by atoms with Crippen molar-refractivity contribution in [2.24, 2.45) is 0 Å². The standard InChI is InChI=1S/C19H39O3P/c1-5-9-11-12-13-14-15-16-18-19(17-10-6-2)23(20,21-7-3)22-8-4/h6,19H,2,5,7-18H2,1,3-4H3. The van der Waals surface area contributed by atoms with Gasteiger partial charge in [0, 0.05) is 0 Å². The van der Waals surface area contributed by atoms with Gasteiger partial charge < -0.3 is 9.05 Å². The summed E-state index contributed by atoms with van der Waals surface area (Å²) in [6.07, 6.45) is 14.8. The van der Waals surface area contributed by atoms with E-state index in [0.29, 0.717) is 13.2 Å². The number of unbranched alkanes of at least 4 members (excludes halogenated alkanes) is 7. The Hall–Kier alpha value is -0.110. The Kier molecular flexibility index (Phi) is 15.3. The van der Waals surface area contributed by atoms with Crippen molar-refractivity contribution in [3.8, 4) is 0 Å². The zero-order valence-corrected chi connectivity index (χ0v) is 16.6. The second-order valence-corrected chi connectivity index (χ2v) is 8.49. The maximum atomic E-state index is 13.0. The van der Waals surface area contributed by atoms with Gasteiger partial charge in [-0.25, -0.2) is 0 Å². The predicted molar refractivity (Wildman–Crippen MR) is 101 cm³/mol. The quantitative estimate of drug-likeness (QED) is 0.160. The highest BCUT2D eigenvalue weighted by molar-refractivity contribution is 7.54. The van der Waals surface area contributed by atoms with Crippen LogP contribution in [0.3, 0.4) is 0 Å². The zero-order valence-electron chi connectivity index (χ0n) is 15.7. The molecule has 0 heterocycles. The molecule has 0 amide bonds. The minimum Gasteiger partial charge on any atom is -0.309 e. The molecule has 23 heavy (non-hydrogen) atoms. The zero-order chi connectivity index (χ0) is 17.4. The van der Waals surface area contributed by atoms with E-state index in [4.69, 9.17) is 9.05 Å². The third-order valence-electron chi connectivity index (χ3n) is 4.16. The Balaban J connectivity index is 4.22. The van der Waals surface area contributed by atoms with Crippen molar-refractivity contribution in [2.75, 3.05) is 13.2 Å². The first kappa shape index (κ1) is 22.9. The fraction of sp³-hybridized carbons (Fsp3) is 0.895. The summed E-state index contributed by atoms with van der Waals surface area (Å²) < 4.78 is 24.1. The molecule has 3 nitrogen and oxygen atoms in total. The first-order chi connectivity index (χ1) is 11.1. The van der Waals surface area contributed by atoms with Crippen LogP contribution in [-0.4, -0.2) is 18.9 Å². The minimum absolute atomic E-state index is 0.0143. The molecule has 1 atom stereocenters. The van der Waals surface area contributed by atoms with E-state index in [0.717, 1.165) is 25.7 Å². The summed E-state index contributed by atoms with van der Waals surface area (Å²) in [4.78, 5) is 0. The summed E-state index contributed by atoms with van der Waals surface area (Å²) in [5.74, 6) is 0. The molecule has 4 heteroatoms. The molecule has 0 N–H and O–H groups in total. The lowest BCUT2D eigenvalue weighted by atomic mass is 10.0. The van der Waals surface area contributed by atoms with E-state index in [2.05, 4.69) is 13.5 Å². The SMILES string of the molecule is C=CCCC(CCCCCCCCCC)P(=O)(OCC)OCC. The highest BCUT2D eigenvalue weighted by atomic mass is 31.2.